The van der Waals surface area contributed by atoms with Crippen LogP contribution in [0.4, 0.5) is 5.95 Å². The second-order valence-corrected chi connectivity index (χ2v) is 8.95. The highest BCUT2D eigenvalue weighted by Gasteiger charge is 2.34. The third-order valence-corrected chi connectivity index (χ3v) is 6.11. The van der Waals surface area contributed by atoms with Crippen molar-refractivity contribution >= 4 is 21.9 Å². The molecule has 0 N–H and O–H groups in total. The summed E-state index contributed by atoms with van der Waals surface area (Å²) in [5, 5.41) is 0. The predicted octanol–water partition coefficient (Wildman–Crippen LogP) is 0.528. The molecule has 2 aliphatic heterocycles. The van der Waals surface area contributed by atoms with Crippen molar-refractivity contribution in [2.75, 3.05) is 51.4 Å². The van der Waals surface area contributed by atoms with Gasteiger partial charge in [0.2, 0.25) is 16.0 Å². The molecule has 0 aromatic carbocycles. The zero-order valence-electron chi connectivity index (χ0n) is 15.0. The normalized spacial score (nSPS) is 21.7. The van der Waals surface area contributed by atoms with Crippen molar-refractivity contribution in [1.29, 1.82) is 0 Å². The van der Waals surface area contributed by atoms with Crippen LogP contribution in [0, 0.1) is 0 Å². The topological polar surface area (TPSA) is 86.7 Å². The van der Waals surface area contributed by atoms with E-state index in [1.54, 1.807) is 11.1 Å². The van der Waals surface area contributed by atoms with Crippen molar-refractivity contribution in [1.82, 2.24) is 19.2 Å². The van der Waals surface area contributed by atoms with Gasteiger partial charge < -0.3 is 9.80 Å². The van der Waals surface area contributed by atoms with Gasteiger partial charge >= 0.3 is 0 Å². The lowest BCUT2D eigenvalue weighted by Crippen LogP contribution is -2.31. The highest BCUT2D eigenvalue weighted by molar-refractivity contribution is 7.88. The van der Waals surface area contributed by atoms with Crippen LogP contribution in [0.3, 0.4) is 0 Å². The molecule has 8 nitrogen and oxygen atoms in total. The van der Waals surface area contributed by atoms with Gasteiger partial charge in [-0.25, -0.2) is 22.7 Å². The van der Waals surface area contributed by atoms with Crippen molar-refractivity contribution in [3.63, 3.8) is 0 Å². The Kier molecular flexibility index (Phi) is 4.97. The van der Waals surface area contributed by atoms with Gasteiger partial charge in [-0.2, -0.15) is 0 Å². The van der Waals surface area contributed by atoms with Gasteiger partial charge in [-0.1, -0.05) is 0 Å². The minimum absolute atomic E-state index is 0.0457. The molecule has 2 saturated heterocycles. The maximum Gasteiger partial charge on any atom is 0.257 e. The van der Waals surface area contributed by atoms with Crippen molar-refractivity contribution in [2.24, 2.45) is 0 Å². The standard InChI is InChI=1S/C16H25N5O3S/c1-19(2)16-17-10-13(15(22)20-7-4-5-8-20)14(18-16)12-6-9-21(11-12)25(3,23)24/h10,12H,4-9,11H2,1-3H3. The number of carbonyl (C=O) groups is 1. The van der Waals surface area contributed by atoms with Crippen LogP contribution in [-0.2, 0) is 10.0 Å². The molecule has 25 heavy (non-hydrogen) atoms. The van der Waals surface area contributed by atoms with Gasteiger partial charge in [-0.3, -0.25) is 4.79 Å². The molecule has 0 spiro atoms. The van der Waals surface area contributed by atoms with Crippen molar-refractivity contribution in [3.05, 3.63) is 17.5 Å². The van der Waals surface area contributed by atoms with E-state index >= 15 is 0 Å². The summed E-state index contributed by atoms with van der Waals surface area (Å²) in [6, 6.07) is 0. The Morgan fingerprint density at radius 2 is 1.92 bits per heavy atom. The van der Waals surface area contributed by atoms with Crippen LogP contribution >= 0.6 is 0 Å². The number of sulfonamides is 1. The zero-order valence-corrected chi connectivity index (χ0v) is 15.8. The number of likely N-dealkylation sites (tertiary alicyclic amines) is 1. The largest absolute Gasteiger partial charge is 0.347 e. The molecule has 1 aromatic rings. The van der Waals surface area contributed by atoms with Crippen LogP contribution in [0.15, 0.2) is 6.20 Å². The molecule has 1 amide bonds. The third kappa shape index (κ3) is 3.77. The summed E-state index contributed by atoms with van der Waals surface area (Å²) in [5.41, 5.74) is 1.18. The van der Waals surface area contributed by atoms with E-state index in [1.165, 1.54) is 10.6 Å². The molecule has 1 unspecified atom stereocenters. The van der Waals surface area contributed by atoms with Crippen molar-refractivity contribution in [2.45, 2.75) is 25.2 Å². The SMILES string of the molecule is CN(C)c1ncc(C(=O)N2CCCC2)c(C2CCN(S(C)(=O)=O)C2)n1. The first kappa shape index (κ1) is 18.1. The summed E-state index contributed by atoms with van der Waals surface area (Å²) in [5.74, 6) is 0.402. The number of hydrogen-bond donors (Lipinski definition) is 0. The Bertz CT molecular complexity index is 759. The first-order valence-corrected chi connectivity index (χ1v) is 10.4. The summed E-state index contributed by atoms with van der Waals surface area (Å²) in [7, 11) is 0.457. The Morgan fingerprint density at radius 1 is 1.24 bits per heavy atom. The Hall–Kier alpha value is -1.74. The molecule has 0 saturated carbocycles. The smallest absolute Gasteiger partial charge is 0.257 e. The molecule has 138 valence electrons. The maximum absolute atomic E-state index is 12.9. The molecule has 2 aliphatic rings. The monoisotopic (exact) mass is 367 g/mol. The lowest BCUT2D eigenvalue weighted by atomic mass is 9.99. The highest BCUT2D eigenvalue weighted by Crippen LogP contribution is 2.31. The van der Waals surface area contributed by atoms with E-state index in [9.17, 15) is 13.2 Å². The van der Waals surface area contributed by atoms with Gasteiger partial charge in [-0.15, -0.1) is 0 Å². The van der Waals surface area contributed by atoms with Gasteiger partial charge in [0.1, 0.15) is 0 Å². The number of amides is 1. The number of hydrogen-bond acceptors (Lipinski definition) is 6. The molecule has 0 aliphatic carbocycles. The molecular formula is C16H25N5O3S. The van der Waals surface area contributed by atoms with E-state index < -0.39 is 10.0 Å². The summed E-state index contributed by atoms with van der Waals surface area (Å²) in [6.07, 6.45) is 5.52. The Labute approximate surface area is 148 Å². The molecule has 1 atom stereocenters. The summed E-state index contributed by atoms with van der Waals surface area (Å²) >= 11 is 0. The average molecular weight is 367 g/mol. The number of aromatic nitrogens is 2. The van der Waals surface area contributed by atoms with Crippen LogP contribution in [0.2, 0.25) is 0 Å². The van der Waals surface area contributed by atoms with Crippen molar-refractivity contribution < 1.29 is 13.2 Å². The molecule has 2 fully saturated rings. The fourth-order valence-electron chi connectivity index (χ4n) is 3.42. The van der Waals surface area contributed by atoms with Crippen LogP contribution in [0.25, 0.3) is 0 Å². The van der Waals surface area contributed by atoms with Crippen molar-refractivity contribution in [3.8, 4) is 0 Å². The first-order chi connectivity index (χ1) is 11.8. The quantitative estimate of drug-likeness (QED) is 0.771. The first-order valence-electron chi connectivity index (χ1n) is 8.56. The van der Waals surface area contributed by atoms with E-state index in [0.29, 0.717) is 36.7 Å². The Balaban J connectivity index is 1.95. The minimum atomic E-state index is -3.23. The fraction of sp³-hybridized carbons (Fsp3) is 0.688. The molecule has 0 bridgehead atoms. The molecule has 0 radical (unpaired) electrons. The number of anilines is 1. The van der Waals surface area contributed by atoms with Crippen LogP contribution in [-0.4, -0.2) is 80.0 Å². The van der Waals surface area contributed by atoms with E-state index in [1.807, 2.05) is 19.0 Å². The molecule has 9 heteroatoms. The van der Waals surface area contributed by atoms with Gasteiger partial charge in [0, 0.05) is 52.4 Å². The predicted molar refractivity (Wildman–Crippen MR) is 95.3 cm³/mol. The van der Waals surface area contributed by atoms with Crippen LogP contribution in [0.5, 0.6) is 0 Å². The Morgan fingerprint density at radius 3 is 2.48 bits per heavy atom. The molecule has 1 aromatic heterocycles. The van der Waals surface area contributed by atoms with E-state index in [-0.39, 0.29) is 11.8 Å². The van der Waals surface area contributed by atoms with E-state index in [4.69, 9.17) is 0 Å². The van der Waals surface area contributed by atoms with Gasteiger partial charge in [0.25, 0.3) is 5.91 Å². The van der Waals surface area contributed by atoms with Gasteiger partial charge in [0.15, 0.2) is 0 Å². The van der Waals surface area contributed by atoms with Gasteiger partial charge in [-0.05, 0) is 19.3 Å². The average Bonchev–Trinajstić information content (AvgIpc) is 3.24. The lowest BCUT2D eigenvalue weighted by molar-refractivity contribution is 0.0790. The number of nitrogens with zero attached hydrogens (tertiary/aromatic N) is 5. The van der Waals surface area contributed by atoms with Crippen LogP contribution in [0.1, 0.15) is 41.2 Å². The molecule has 3 heterocycles. The maximum atomic E-state index is 12.9. The second-order valence-electron chi connectivity index (χ2n) is 6.97. The summed E-state index contributed by atoms with van der Waals surface area (Å²) < 4.78 is 25.1. The lowest BCUT2D eigenvalue weighted by Gasteiger charge is -2.21. The third-order valence-electron chi connectivity index (χ3n) is 4.84. The second kappa shape index (κ2) is 6.87. The minimum Gasteiger partial charge on any atom is -0.347 e. The van der Waals surface area contributed by atoms with E-state index in [0.717, 1.165) is 25.9 Å². The molecular weight excluding hydrogens is 342 g/mol. The zero-order chi connectivity index (χ0) is 18.2. The summed E-state index contributed by atoms with van der Waals surface area (Å²) in [6.45, 7) is 2.34. The number of carbonyl (C=O) groups excluding carboxylic acids is 1. The number of rotatable bonds is 4. The van der Waals surface area contributed by atoms with Gasteiger partial charge in [0.05, 0.1) is 17.5 Å². The fourth-order valence-corrected chi connectivity index (χ4v) is 4.31. The van der Waals surface area contributed by atoms with E-state index in [2.05, 4.69) is 9.97 Å². The molecule has 3 rings (SSSR count). The highest BCUT2D eigenvalue weighted by atomic mass is 32.2. The summed E-state index contributed by atoms with van der Waals surface area (Å²) in [4.78, 5) is 25.4. The van der Waals surface area contributed by atoms with Crippen LogP contribution < -0.4 is 4.90 Å².